The standard InChI is InChI=1S/C14H27ClO3/c1-2-3-6-9-14(16)18-13-12-17-11-8-5-4-7-10-15/h2-13H2,1H3. The summed E-state index contributed by atoms with van der Waals surface area (Å²) in [4.78, 5) is 11.2. The second kappa shape index (κ2) is 14.8. The van der Waals surface area contributed by atoms with E-state index in [0.29, 0.717) is 19.6 Å². The van der Waals surface area contributed by atoms with E-state index < -0.39 is 0 Å². The lowest BCUT2D eigenvalue weighted by atomic mass is 10.2. The molecule has 0 bridgehead atoms. The monoisotopic (exact) mass is 278 g/mol. The van der Waals surface area contributed by atoms with E-state index in [1.807, 2.05) is 0 Å². The van der Waals surface area contributed by atoms with Gasteiger partial charge in [0.05, 0.1) is 6.61 Å². The fraction of sp³-hybridized carbons (Fsp3) is 0.929. The van der Waals surface area contributed by atoms with Crippen LogP contribution in [0.3, 0.4) is 0 Å². The van der Waals surface area contributed by atoms with Crippen molar-refractivity contribution in [3.63, 3.8) is 0 Å². The highest BCUT2D eigenvalue weighted by atomic mass is 35.5. The molecule has 0 aromatic heterocycles. The molecule has 108 valence electrons. The Morgan fingerprint density at radius 1 is 0.944 bits per heavy atom. The Morgan fingerprint density at radius 2 is 1.72 bits per heavy atom. The summed E-state index contributed by atoms with van der Waals surface area (Å²) in [5, 5.41) is 0. The van der Waals surface area contributed by atoms with E-state index in [4.69, 9.17) is 21.1 Å². The van der Waals surface area contributed by atoms with Crippen molar-refractivity contribution in [2.45, 2.75) is 58.3 Å². The Bertz CT molecular complexity index is 186. The lowest BCUT2D eigenvalue weighted by molar-refractivity contribution is -0.145. The summed E-state index contributed by atoms with van der Waals surface area (Å²) in [6, 6.07) is 0. The summed E-state index contributed by atoms with van der Waals surface area (Å²) in [6.45, 7) is 3.75. The molecule has 0 aromatic rings. The van der Waals surface area contributed by atoms with Crippen LogP contribution in [-0.2, 0) is 14.3 Å². The molecule has 0 saturated heterocycles. The van der Waals surface area contributed by atoms with Crippen LogP contribution < -0.4 is 0 Å². The molecule has 0 heterocycles. The van der Waals surface area contributed by atoms with Crippen LogP contribution in [0.5, 0.6) is 0 Å². The van der Waals surface area contributed by atoms with Gasteiger partial charge in [0.25, 0.3) is 0 Å². The zero-order chi connectivity index (χ0) is 13.5. The van der Waals surface area contributed by atoms with Gasteiger partial charge in [0.15, 0.2) is 0 Å². The minimum absolute atomic E-state index is 0.103. The Morgan fingerprint density at radius 3 is 2.44 bits per heavy atom. The molecule has 0 radical (unpaired) electrons. The van der Waals surface area contributed by atoms with Gasteiger partial charge >= 0.3 is 5.97 Å². The maximum atomic E-state index is 11.2. The summed E-state index contributed by atoms with van der Waals surface area (Å²) in [5.41, 5.74) is 0. The summed E-state index contributed by atoms with van der Waals surface area (Å²) < 4.78 is 10.4. The first kappa shape index (κ1) is 17.7. The van der Waals surface area contributed by atoms with Gasteiger partial charge in [-0.05, 0) is 19.3 Å². The van der Waals surface area contributed by atoms with Crippen LogP contribution in [-0.4, -0.2) is 31.7 Å². The molecular formula is C14H27ClO3. The molecule has 0 N–H and O–H groups in total. The van der Waals surface area contributed by atoms with E-state index in [-0.39, 0.29) is 5.97 Å². The van der Waals surface area contributed by atoms with Crippen molar-refractivity contribution in [2.75, 3.05) is 25.7 Å². The number of esters is 1. The summed E-state index contributed by atoms with van der Waals surface area (Å²) >= 11 is 5.58. The highest BCUT2D eigenvalue weighted by Crippen LogP contribution is 2.02. The lowest BCUT2D eigenvalue weighted by Crippen LogP contribution is -2.10. The van der Waals surface area contributed by atoms with Gasteiger partial charge in [-0.1, -0.05) is 32.6 Å². The average Bonchev–Trinajstić information content (AvgIpc) is 2.37. The SMILES string of the molecule is CCCCCC(=O)OCCOCCCCCCCl. The summed E-state index contributed by atoms with van der Waals surface area (Å²) in [7, 11) is 0. The Balaban J connectivity index is 3.08. The molecule has 0 aliphatic heterocycles. The quantitative estimate of drug-likeness (QED) is 0.291. The third-order valence-corrected chi connectivity index (χ3v) is 2.91. The van der Waals surface area contributed by atoms with Gasteiger partial charge in [0.2, 0.25) is 0 Å². The molecule has 0 aromatic carbocycles. The van der Waals surface area contributed by atoms with Crippen molar-refractivity contribution >= 4 is 17.6 Å². The predicted octanol–water partition coefficient (Wildman–Crippen LogP) is 3.93. The second-order valence-corrected chi connectivity index (χ2v) is 4.77. The normalized spacial score (nSPS) is 10.6. The summed E-state index contributed by atoms with van der Waals surface area (Å²) in [6.07, 6.45) is 8.14. The molecule has 0 atom stereocenters. The molecule has 0 rings (SSSR count). The average molecular weight is 279 g/mol. The van der Waals surface area contributed by atoms with Crippen molar-refractivity contribution in [1.29, 1.82) is 0 Å². The number of carbonyl (C=O) groups excluding carboxylic acids is 1. The van der Waals surface area contributed by atoms with Crippen molar-refractivity contribution in [2.24, 2.45) is 0 Å². The summed E-state index contributed by atoms with van der Waals surface area (Å²) in [5.74, 6) is 0.642. The van der Waals surface area contributed by atoms with Gasteiger partial charge < -0.3 is 9.47 Å². The van der Waals surface area contributed by atoms with Crippen molar-refractivity contribution in [3.05, 3.63) is 0 Å². The minimum Gasteiger partial charge on any atom is -0.463 e. The maximum absolute atomic E-state index is 11.2. The Labute approximate surface area is 116 Å². The number of carbonyl (C=O) groups is 1. The number of hydrogen-bond acceptors (Lipinski definition) is 3. The van der Waals surface area contributed by atoms with Crippen LogP contribution >= 0.6 is 11.6 Å². The van der Waals surface area contributed by atoms with Crippen LogP contribution in [0.2, 0.25) is 0 Å². The molecule has 0 aliphatic rings. The molecule has 0 fully saturated rings. The van der Waals surface area contributed by atoms with E-state index in [1.165, 1.54) is 6.42 Å². The van der Waals surface area contributed by atoms with Gasteiger partial charge in [-0.2, -0.15) is 0 Å². The largest absolute Gasteiger partial charge is 0.463 e. The highest BCUT2D eigenvalue weighted by Gasteiger charge is 2.01. The third-order valence-electron chi connectivity index (χ3n) is 2.65. The first-order valence-corrected chi connectivity index (χ1v) is 7.64. The smallest absolute Gasteiger partial charge is 0.305 e. The van der Waals surface area contributed by atoms with Gasteiger partial charge in [-0.15, -0.1) is 11.6 Å². The predicted molar refractivity (Wildman–Crippen MR) is 75.1 cm³/mol. The van der Waals surface area contributed by atoms with Crippen LogP contribution in [0.25, 0.3) is 0 Å². The van der Waals surface area contributed by atoms with E-state index >= 15 is 0 Å². The zero-order valence-corrected chi connectivity index (χ0v) is 12.3. The molecule has 0 unspecified atom stereocenters. The van der Waals surface area contributed by atoms with Crippen LogP contribution in [0.1, 0.15) is 58.3 Å². The fourth-order valence-corrected chi connectivity index (χ4v) is 1.75. The van der Waals surface area contributed by atoms with Gasteiger partial charge in [0.1, 0.15) is 6.61 Å². The van der Waals surface area contributed by atoms with Gasteiger partial charge in [0, 0.05) is 18.9 Å². The van der Waals surface area contributed by atoms with Crippen LogP contribution in [0.4, 0.5) is 0 Å². The molecule has 3 nitrogen and oxygen atoms in total. The van der Waals surface area contributed by atoms with Crippen molar-refractivity contribution in [3.8, 4) is 0 Å². The van der Waals surface area contributed by atoms with Crippen molar-refractivity contribution in [1.82, 2.24) is 0 Å². The first-order valence-electron chi connectivity index (χ1n) is 7.10. The van der Waals surface area contributed by atoms with E-state index in [2.05, 4.69) is 6.92 Å². The van der Waals surface area contributed by atoms with E-state index in [0.717, 1.165) is 51.0 Å². The Hall–Kier alpha value is -0.280. The first-order chi connectivity index (χ1) is 8.81. The van der Waals surface area contributed by atoms with Crippen LogP contribution in [0, 0.1) is 0 Å². The third kappa shape index (κ3) is 13.8. The number of halogens is 1. The lowest BCUT2D eigenvalue weighted by Gasteiger charge is -2.06. The van der Waals surface area contributed by atoms with Crippen LogP contribution in [0.15, 0.2) is 0 Å². The fourth-order valence-electron chi connectivity index (χ4n) is 1.56. The molecule has 4 heteroatoms. The molecule has 0 spiro atoms. The number of alkyl halides is 1. The Kier molecular flexibility index (Phi) is 14.5. The van der Waals surface area contributed by atoms with Gasteiger partial charge in [-0.3, -0.25) is 4.79 Å². The number of hydrogen-bond donors (Lipinski definition) is 0. The number of ether oxygens (including phenoxy) is 2. The number of unbranched alkanes of at least 4 members (excludes halogenated alkanes) is 5. The molecule has 0 aliphatic carbocycles. The molecule has 0 amide bonds. The molecule has 18 heavy (non-hydrogen) atoms. The van der Waals surface area contributed by atoms with Gasteiger partial charge in [-0.25, -0.2) is 0 Å². The van der Waals surface area contributed by atoms with E-state index in [1.54, 1.807) is 0 Å². The highest BCUT2D eigenvalue weighted by molar-refractivity contribution is 6.17. The minimum atomic E-state index is -0.103. The molecular weight excluding hydrogens is 252 g/mol. The second-order valence-electron chi connectivity index (χ2n) is 4.39. The molecule has 0 saturated carbocycles. The topological polar surface area (TPSA) is 35.5 Å². The van der Waals surface area contributed by atoms with E-state index in [9.17, 15) is 4.79 Å². The van der Waals surface area contributed by atoms with Crippen molar-refractivity contribution < 1.29 is 14.3 Å². The maximum Gasteiger partial charge on any atom is 0.305 e. The number of rotatable bonds is 13. The zero-order valence-electron chi connectivity index (χ0n) is 11.6.